The van der Waals surface area contributed by atoms with Crippen LogP contribution < -0.4 is 10.6 Å². The Kier molecular flexibility index (Phi) is 6.25. The molecule has 2 amide bonds. The molecule has 0 spiro atoms. The van der Waals surface area contributed by atoms with Gasteiger partial charge in [-0.2, -0.15) is 0 Å². The van der Waals surface area contributed by atoms with Crippen molar-refractivity contribution in [2.24, 2.45) is 5.92 Å². The Hall–Kier alpha value is -1.79. The van der Waals surface area contributed by atoms with Crippen LogP contribution in [0.5, 0.6) is 0 Å². The fraction of sp³-hybridized carbons (Fsp3) is 0.824. The summed E-state index contributed by atoms with van der Waals surface area (Å²) in [6.07, 6.45) is 0.187. The Balaban J connectivity index is 2.72. The van der Waals surface area contributed by atoms with Crippen molar-refractivity contribution >= 4 is 18.0 Å². The highest BCUT2D eigenvalue weighted by atomic mass is 16.6. The van der Waals surface area contributed by atoms with E-state index in [0.717, 1.165) is 0 Å². The minimum absolute atomic E-state index is 0.183. The molecule has 24 heavy (non-hydrogen) atoms. The number of amides is 2. The predicted octanol–water partition coefficient (Wildman–Crippen LogP) is 2.14. The van der Waals surface area contributed by atoms with E-state index in [1.807, 2.05) is 13.8 Å². The number of hydrogen-bond donors (Lipinski definition) is 2. The molecule has 1 aliphatic rings. The molecule has 1 fully saturated rings. The van der Waals surface area contributed by atoms with Gasteiger partial charge in [0.05, 0.1) is 0 Å². The highest BCUT2D eigenvalue weighted by Gasteiger charge is 2.41. The van der Waals surface area contributed by atoms with Gasteiger partial charge in [0.1, 0.15) is 23.3 Å². The average molecular weight is 342 g/mol. The lowest BCUT2D eigenvalue weighted by atomic mass is 10.0. The Morgan fingerprint density at radius 2 is 1.92 bits per heavy atom. The molecule has 7 heteroatoms. The van der Waals surface area contributed by atoms with Crippen molar-refractivity contribution in [3.05, 3.63) is 0 Å². The summed E-state index contributed by atoms with van der Waals surface area (Å²) in [6, 6.07) is -1.46. The van der Waals surface area contributed by atoms with Gasteiger partial charge in [-0.3, -0.25) is 4.79 Å². The highest BCUT2D eigenvalue weighted by Crippen LogP contribution is 2.25. The molecule has 0 unspecified atom stereocenters. The second-order valence-electron chi connectivity index (χ2n) is 8.27. The number of esters is 1. The van der Waals surface area contributed by atoms with E-state index in [2.05, 4.69) is 10.6 Å². The molecule has 0 bridgehead atoms. The van der Waals surface area contributed by atoms with Gasteiger partial charge in [-0.05, 0) is 47.0 Å². The number of carbonyl (C=O) groups excluding carboxylic acids is 3. The standard InChI is InChI=1S/C17H30N2O5/c1-10(2)8-11(19-15(22)24-16(3,4)5)13(20)18-12-9-17(6,7)23-14(12)21/h10-12H,8-9H2,1-7H3,(H,18,20)(H,19,22)/t11-,12-/m0/s1. The summed E-state index contributed by atoms with van der Waals surface area (Å²) >= 11 is 0. The van der Waals surface area contributed by atoms with Crippen LogP contribution in [0.25, 0.3) is 0 Å². The van der Waals surface area contributed by atoms with Crippen LogP contribution in [0.15, 0.2) is 0 Å². The number of cyclic esters (lactones) is 1. The van der Waals surface area contributed by atoms with Crippen LogP contribution in [0.2, 0.25) is 0 Å². The molecule has 1 rings (SSSR count). The molecule has 1 aliphatic heterocycles. The molecule has 0 radical (unpaired) electrons. The maximum atomic E-state index is 12.5. The molecule has 2 atom stereocenters. The summed E-state index contributed by atoms with van der Waals surface area (Å²) in [5, 5.41) is 5.26. The van der Waals surface area contributed by atoms with Crippen LogP contribution in [-0.2, 0) is 19.1 Å². The largest absolute Gasteiger partial charge is 0.458 e. The second kappa shape index (κ2) is 7.40. The van der Waals surface area contributed by atoms with Crippen LogP contribution in [-0.4, -0.2) is 41.3 Å². The first kappa shape index (κ1) is 20.3. The molecule has 0 aliphatic carbocycles. The minimum Gasteiger partial charge on any atom is -0.458 e. The quantitative estimate of drug-likeness (QED) is 0.747. The third-order valence-electron chi connectivity index (χ3n) is 3.39. The first-order valence-electron chi connectivity index (χ1n) is 8.32. The van der Waals surface area contributed by atoms with Crippen LogP contribution in [0.1, 0.15) is 61.3 Å². The van der Waals surface area contributed by atoms with Crippen molar-refractivity contribution in [1.82, 2.24) is 10.6 Å². The van der Waals surface area contributed by atoms with E-state index in [0.29, 0.717) is 12.8 Å². The van der Waals surface area contributed by atoms with E-state index in [-0.39, 0.29) is 5.92 Å². The normalized spacial score (nSPS) is 21.2. The van der Waals surface area contributed by atoms with E-state index in [1.165, 1.54) is 0 Å². The Morgan fingerprint density at radius 3 is 2.33 bits per heavy atom. The zero-order chi connectivity index (χ0) is 18.7. The second-order valence-corrected chi connectivity index (χ2v) is 8.27. The van der Waals surface area contributed by atoms with Gasteiger partial charge in [0, 0.05) is 6.42 Å². The van der Waals surface area contributed by atoms with Crippen LogP contribution in [0.3, 0.4) is 0 Å². The molecule has 7 nitrogen and oxygen atoms in total. The number of carbonyl (C=O) groups is 3. The van der Waals surface area contributed by atoms with Crippen LogP contribution in [0.4, 0.5) is 4.79 Å². The number of alkyl carbamates (subject to hydrolysis) is 1. The Labute approximate surface area is 143 Å². The van der Waals surface area contributed by atoms with Crippen molar-refractivity contribution in [3.8, 4) is 0 Å². The fourth-order valence-corrected chi connectivity index (χ4v) is 2.50. The average Bonchev–Trinajstić information content (AvgIpc) is 2.58. The van der Waals surface area contributed by atoms with E-state index < -0.39 is 41.3 Å². The lowest BCUT2D eigenvalue weighted by Crippen LogP contribution is -2.52. The number of rotatable bonds is 5. The van der Waals surface area contributed by atoms with Crippen molar-refractivity contribution in [3.63, 3.8) is 0 Å². The molecule has 138 valence electrons. The Morgan fingerprint density at radius 1 is 1.33 bits per heavy atom. The van der Waals surface area contributed by atoms with Gasteiger partial charge in [-0.15, -0.1) is 0 Å². The van der Waals surface area contributed by atoms with Crippen molar-refractivity contribution < 1.29 is 23.9 Å². The van der Waals surface area contributed by atoms with Gasteiger partial charge in [-0.25, -0.2) is 9.59 Å². The first-order valence-corrected chi connectivity index (χ1v) is 8.32. The maximum Gasteiger partial charge on any atom is 0.408 e. The van der Waals surface area contributed by atoms with Gasteiger partial charge in [0.15, 0.2) is 0 Å². The smallest absolute Gasteiger partial charge is 0.408 e. The predicted molar refractivity (Wildman–Crippen MR) is 89.3 cm³/mol. The fourth-order valence-electron chi connectivity index (χ4n) is 2.50. The Bertz CT molecular complexity index is 494. The van der Waals surface area contributed by atoms with Gasteiger partial charge in [0.25, 0.3) is 0 Å². The van der Waals surface area contributed by atoms with Crippen molar-refractivity contribution in [2.45, 2.75) is 84.6 Å². The summed E-state index contributed by atoms with van der Waals surface area (Å²) in [5.74, 6) is -0.675. The molecule has 1 heterocycles. The maximum absolute atomic E-state index is 12.5. The minimum atomic E-state index is -0.767. The zero-order valence-electron chi connectivity index (χ0n) is 15.7. The summed E-state index contributed by atoms with van der Waals surface area (Å²) < 4.78 is 10.4. The molecular weight excluding hydrogens is 312 g/mol. The van der Waals surface area contributed by atoms with Crippen LogP contribution >= 0.6 is 0 Å². The van der Waals surface area contributed by atoms with E-state index in [9.17, 15) is 14.4 Å². The molecule has 1 saturated heterocycles. The lowest BCUT2D eigenvalue weighted by Gasteiger charge is -2.24. The molecule has 0 aromatic rings. The number of ether oxygens (including phenoxy) is 2. The van der Waals surface area contributed by atoms with E-state index in [1.54, 1.807) is 34.6 Å². The zero-order valence-corrected chi connectivity index (χ0v) is 15.7. The third kappa shape index (κ3) is 6.76. The topological polar surface area (TPSA) is 93.7 Å². The van der Waals surface area contributed by atoms with Gasteiger partial charge >= 0.3 is 12.1 Å². The monoisotopic (exact) mass is 342 g/mol. The first-order chi connectivity index (χ1) is 10.8. The van der Waals surface area contributed by atoms with Gasteiger partial charge in [-0.1, -0.05) is 13.8 Å². The summed E-state index contributed by atoms with van der Waals surface area (Å²) in [6.45, 7) is 12.7. The number of hydrogen-bond acceptors (Lipinski definition) is 5. The molecule has 0 aromatic heterocycles. The summed E-state index contributed by atoms with van der Waals surface area (Å²) in [4.78, 5) is 36.3. The van der Waals surface area contributed by atoms with E-state index >= 15 is 0 Å². The van der Waals surface area contributed by atoms with Crippen molar-refractivity contribution in [1.29, 1.82) is 0 Å². The summed E-state index contributed by atoms with van der Waals surface area (Å²) in [7, 11) is 0. The van der Waals surface area contributed by atoms with Gasteiger partial charge in [0.2, 0.25) is 5.91 Å². The molecular formula is C17H30N2O5. The third-order valence-corrected chi connectivity index (χ3v) is 3.39. The highest BCUT2D eigenvalue weighted by molar-refractivity contribution is 5.90. The molecule has 0 saturated carbocycles. The number of nitrogens with one attached hydrogen (secondary N) is 2. The SMILES string of the molecule is CC(C)C[C@H](NC(=O)OC(C)(C)C)C(=O)N[C@H]1CC(C)(C)OC1=O. The van der Waals surface area contributed by atoms with E-state index in [4.69, 9.17) is 9.47 Å². The van der Waals surface area contributed by atoms with Crippen LogP contribution in [0, 0.1) is 5.92 Å². The molecule has 2 N–H and O–H groups in total. The summed E-state index contributed by atoms with van der Waals surface area (Å²) in [5.41, 5.74) is -1.25. The molecule has 0 aromatic carbocycles. The lowest BCUT2D eigenvalue weighted by molar-refractivity contribution is -0.148. The van der Waals surface area contributed by atoms with Crippen molar-refractivity contribution in [2.75, 3.05) is 0 Å². The van der Waals surface area contributed by atoms with Gasteiger partial charge < -0.3 is 20.1 Å².